The van der Waals surface area contributed by atoms with Crippen molar-refractivity contribution in [2.24, 2.45) is 0 Å². The van der Waals surface area contributed by atoms with Gasteiger partial charge in [0, 0.05) is 21.9 Å². The molecule has 1 heterocycles. The first kappa shape index (κ1) is 16.6. The third-order valence-electron chi connectivity index (χ3n) is 4.66. The maximum atomic E-state index is 5.97. The number of benzene rings is 2. The van der Waals surface area contributed by atoms with Crippen LogP contribution < -0.4 is 4.74 Å². The van der Waals surface area contributed by atoms with Crippen LogP contribution in [0.2, 0.25) is 5.02 Å². The van der Waals surface area contributed by atoms with E-state index in [4.69, 9.17) is 21.3 Å². The first-order chi connectivity index (χ1) is 12.2. The summed E-state index contributed by atoms with van der Waals surface area (Å²) < 4.78 is 5.97. The monoisotopic (exact) mass is 369 g/mol. The molecule has 2 aromatic carbocycles. The van der Waals surface area contributed by atoms with Gasteiger partial charge in [0.15, 0.2) is 0 Å². The molecule has 2 nitrogen and oxygen atoms in total. The molecule has 0 saturated heterocycles. The van der Waals surface area contributed by atoms with Gasteiger partial charge in [0.1, 0.15) is 10.8 Å². The van der Waals surface area contributed by atoms with Crippen molar-refractivity contribution in [1.29, 1.82) is 0 Å². The highest BCUT2D eigenvalue weighted by atomic mass is 35.5. The lowest BCUT2D eigenvalue weighted by molar-refractivity contribution is 0.320. The zero-order valence-electron chi connectivity index (χ0n) is 14.2. The molecule has 0 saturated carbocycles. The molecule has 4 rings (SSSR count). The lowest BCUT2D eigenvalue weighted by Gasteiger charge is -2.07. The van der Waals surface area contributed by atoms with E-state index in [1.807, 2.05) is 24.3 Å². The summed E-state index contributed by atoms with van der Waals surface area (Å²) >= 11 is 7.69. The smallest absolute Gasteiger partial charge is 0.123 e. The Labute approximate surface area is 157 Å². The van der Waals surface area contributed by atoms with Crippen LogP contribution >= 0.6 is 22.9 Å². The molecular formula is C21H20ClNOS. The van der Waals surface area contributed by atoms with Gasteiger partial charge >= 0.3 is 0 Å². The Hall–Kier alpha value is -1.84. The van der Waals surface area contributed by atoms with Crippen LogP contribution in [0.15, 0.2) is 42.5 Å². The number of fused-ring (bicyclic) bond motifs is 1. The number of thiazole rings is 1. The standard InChI is InChI=1S/C21H20ClNOS/c1-14-20(23-21(25-14)16-5-8-18(22)9-6-16)11-12-24-19-10-7-15-3-2-4-17(15)13-19/h5-10,13H,2-4,11-12H2,1H3. The van der Waals surface area contributed by atoms with E-state index in [1.54, 1.807) is 11.3 Å². The van der Waals surface area contributed by atoms with Gasteiger partial charge in [0.25, 0.3) is 0 Å². The number of hydrogen-bond acceptors (Lipinski definition) is 3. The van der Waals surface area contributed by atoms with Gasteiger partial charge < -0.3 is 4.74 Å². The molecule has 1 aliphatic rings. The summed E-state index contributed by atoms with van der Waals surface area (Å²) in [5, 5.41) is 1.79. The Morgan fingerprint density at radius 2 is 1.88 bits per heavy atom. The average molecular weight is 370 g/mol. The van der Waals surface area contributed by atoms with Gasteiger partial charge in [-0.1, -0.05) is 29.8 Å². The molecule has 0 aliphatic heterocycles. The Bertz CT molecular complexity index is 885. The van der Waals surface area contributed by atoms with E-state index in [2.05, 4.69) is 25.1 Å². The molecule has 4 heteroatoms. The van der Waals surface area contributed by atoms with Crippen LogP contribution in [-0.2, 0) is 19.3 Å². The predicted molar refractivity (Wildman–Crippen MR) is 105 cm³/mol. The second kappa shape index (κ2) is 7.19. The van der Waals surface area contributed by atoms with E-state index in [0.29, 0.717) is 6.61 Å². The molecule has 0 amide bonds. The number of hydrogen-bond donors (Lipinski definition) is 0. The highest BCUT2D eigenvalue weighted by Crippen LogP contribution is 2.29. The van der Waals surface area contributed by atoms with E-state index < -0.39 is 0 Å². The van der Waals surface area contributed by atoms with Crippen molar-refractivity contribution < 1.29 is 4.74 Å². The minimum absolute atomic E-state index is 0.656. The Morgan fingerprint density at radius 1 is 1.08 bits per heavy atom. The van der Waals surface area contributed by atoms with Gasteiger partial charge in [-0.05, 0) is 61.6 Å². The summed E-state index contributed by atoms with van der Waals surface area (Å²) in [6, 6.07) is 14.4. The fraction of sp³-hybridized carbons (Fsp3) is 0.286. The summed E-state index contributed by atoms with van der Waals surface area (Å²) in [7, 11) is 0. The summed E-state index contributed by atoms with van der Waals surface area (Å²) in [5.41, 5.74) is 5.17. The molecule has 0 unspecified atom stereocenters. The quantitative estimate of drug-likeness (QED) is 0.560. The summed E-state index contributed by atoms with van der Waals surface area (Å²) in [6.45, 7) is 2.78. The Balaban J connectivity index is 1.40. The van der Waals surface area contributed by atoms with Crippen molar-refractivity contribution in [3.63, 3.8) is 0 Å². The van der Waals surface area contributed by atoms with Gasteiger partial charge in [0.05, 0.1) is 12.3 Å². The number of nitrogens with zero attached hydrogens (tertiary/aromatic N) is 1. The van der Waals surface area contributed by atoms with E-state index in [0.717, 1.165) is 33.5 Å². The lowest BCUT2D eigenvalue weighted by atomic mass is 10.1. The number of ether oxygens (including phenoxy) is 1. The molecule has 1 aromatic heterocycles. The Kier molecular flexibility index (Phi) is 4.78. The van der Waals surface area contributed by atoms with Gasteiger partial charge in [0.2, 0.25) is 0 Å². The van der Waals surface area contributed by atoms with Crippen molar-refractivity contribution in [3.8, 4) is 16.3 Å². The molecular weight excluding hydrogens is 350 g/mol. The third kappa shape index (κ3) is 3.73. The van der Waals surface area contributed by atoms with E-state index in [1.165, 1.54) is 35.3 Å². The molecule has 1 aliphatic carbocycles. The van der Waals surface area contributed by atoms with E-state index >= 15 is 0 Å². The molecule has 25 heavy (non-hydrogen) atoms. The maximum Gasteiger partial charge on any atom is 0.123 e. The van der Waals surface area contributed by atoms with Crippen molar-refractivity contribution in [1.82, 2.24) is 4.98 Å². The van der Waals surface area contributed by atoms with Crippen LogP contribution in [0.4, 0.5) is 0 Å². The van der Waals surface area contributed by atoms with E-state index in [9.17, 15) is 0 Å². The zero-order valence-corrected chi connectivity index (χ0v) is 15.8. The second-order valence-electron chi connectivity index (χ2n) is 6.41. The first-order valence-corrected chi connectivity index (χ1v) is 9.85. The lowest BCUT2D eigenvalue weighted by Crippen LogP contribution is -2.03. The number of rotatable bonds is 5. The SMILES string of the molecule is Cc1sc(-c2ccc(Cl)cc2)nc1CCOc1ccc2c(c1)CCC2. The van der Waals surface area contributed by atoms with Gasteiger partial charge in [-0.15, -0.1) is 11.3 Å². The van der Waals surface area contributed by atoms with E-state index in [-0.39, 0.29) is 0 Å². The van der Waals surface area contributed by atoms with Crippen LogP contribution in [0.25, 0.3) is 10.6 Å². The highest BCUT2D eigenvalue weighted by Gasteiger charge is 2.12. The number of halogens is 1. The number of aromatic nitrogens is 1. The molecule has 0 bridgehead atoms. The second-order valence-corrected chi connectivity index (χ2v) is 8.05. The van der Waals surface area contributed by atoms with Crippen molar-refractivity contribution >= 4 is 22.9 Å². The summed E-state index contributed by atoms with van der Waals surface area (Å²) in [6.07, 6.45) is 4.49. The van der Waals surface area contributed by atoms with Crippen LogP contribution in [0, 0.1) is 6.92 Å². The molecule has 0 spiro atoms. The highest BCUT2D eigenvalue weighted by molar-refractivity contribution is 7.15. The largest absolute Gasteiger partial charge is 0.493 e. The van der Waals surface area contributed by atoms with Crippen LogP contribution in [-0.4, -0.2) is 11.6 Å². The normalized spacial score (nSPS) is 13.0. The fourth-order valence-corrected chi connectivity index (χ4v) is 4.37. The predicted octanol–water partition coefficient (Wildman–Crippen LogP) is 5.88. The van der Waals surface area contributed by atoms with Gasteiger partial charge in [-0.25, -0.2) is 4.98 Å². The summed E-state index contributed by atoms with van der Waals surface area (Å²) in [5.74, 6) is 0.978. The number of aryl methyl sites for hydroxylation is 3. The molecule has 0 N–H and O–H groups in total. The average Bonchev–Trinajstić information content (AvgIpc) is 3.22. The minimum Gasteiger partial charge on any atom is -0.493 e. The van der Waals surface area contributed by atoms with Crippen LogP contribution in [0.1, 0.15) is 28.1 Å². The molecule has 0 atom stereocenters. The first-order valence-electron chi connectivity index (χ1n) is 8.66. The fourth-order valence-electron chi connectivity index (χ4n) is 3.28. The van der Waals surface area contributed by atoms with Crippen LogP contribution in [0.3, 0.4) is 0 Å². The van der Waals surface area contributed by atoms with Gasteiger partial charge in [-0.2, -0.15) is 0 Å². The molecule has 3 aromatic rings. The van der Waals surface area contributed by atoms with Crippen molar-refractivity contribution in [3.05, 3.63) is 69.2 Å². The summed E-state index contributed by atoms with van der Waals surface area (Å²) in [4.78, 5) is 6.05. The molecule has 128 valence electrons. The maximum absolute atomic E-state index is 5.97. The molecule has 0 radical (unpaired) electrons. The minimum atomic E-state index is 0.656. The molecule has 0 fully saturated rings. The van der Waals surface area contributed by atoms with Crippen molar-refractivity contribution in [2.45, 2.75) is 32.6 Å². The van der Waals surface area contributed by atoms with Crippen LogP contribution in [0.5, 0.6) is 5.75 Å². The van der Waals surface area contributed by atoms with Gasteiger partial charge in [-0.3, -0.25) is 0 Å². The topological polar surface area (TPSA) is 22.1 Å². The van der Waals surface area contributed by atoms with Crippen molar-refractivity contribution in [2.75, 3.05) is 6.61 Å². The Morgan fingerprint density at radius 3 is 2.72 bits per heavy atom. The third-order valence-corrected chi connectivity index (χ3v) is 5.98. The zero-order chi connectivity index (χ0) is 17.2.